The topological polar surface area (TPSA) is 93.5 Å². The molecule has 0 aromatic heterocycles. The van der Waals surface area contributed by atoms with Crippen molar-refractivity contribution >= 4 is 15.9 Å². The van der Waals surface area contributed by atoms with E-state index in [-0.39, 0.29) is 10.8 Å². The lowest BCUT2D eigenvalue weighted by Crippen LogP contribution is -2.48. The van der Waals surface area contributed by atoms with Crippen LogP contribution >= 0.6 is 0 Å². The minimum Gasteiger partial charge on any atom is -0.336 e. The number of nitrogens with zero attached hydrogens (tertiary/aromatic N) is 3. The number of nitriles is 1. The molecule has 1 saturated heterocycles. The molecule has 1 amide bonds. The maximum Gasteiger partial charge on any atom is 0.253 e. The van der Waals surface area contributed by atoms with Gasteiger partial charge in [-0.3, -0.25) is 9.69 Å². The van der Waals surface area contributed by atoms with E-state index in [1.54, 1.807) is 17.0 Å². The van der Waals surface area contributed by atoms with E-state index in [9.17, 15) is 13.2 Å². The van der Waals surface area contributed by atoms with Gasteiger partial charge in [0.2, 0.25) is 10.0 Å². The molecular formula is C20H22N4O3S. The largest absolute Gasteiger partial charge is 0.336 e. The number of sulfonamides is 1. The number of carbonyl (C=O) groups is 1. The summed E-state index contributed by atoms with van der Waals surface area (Å²) in [6, 6.07) is 15.6. The van der Waals surface area contributed by atoms with Crippen molar-refractivity contribution < 1.29 is 13.2 Å². The van der Waals surface area contributed by atoms with Gasteiger partial charge in [-0.05, 0) is 49.0 Å². The summed E-state index contributed by atoms with van der Waals surface area (Å²) in [4.78, 5) is 16.9. The number of benzene rings is 2. The Morgan fingerprint density at radius 2 is 1.64 bits per heavy atom. The van der Waals surface area contributed by atoms with Crippen LogP contribution < -0.4 is 4.72 Å². The smallest absolute Gasteiger partial charge is 0.253 e. The lowest BCUT2D eigenvalue weighted by atomic mass is 10.1. The third-order valence-electron chi connectivity index (χ3n) is 4.83. The molecule has 7 nitrogen and oxygen atoms in total. The Bertz CT molecular complexity index is 972. The van der Waals surface area contributed by atoms with Crippen LogP contribution in [0.3, 0.4) is 0 Å². The Hall–Kier alpha value is -2.73. The van der Waals surface area contributed by atoms with Gasteiger partial charge in [0.15, 0.2) is 0 Å². The van der Waals surface area contributed by atoms with Crippen LogP contribution in [0, 0.1) is 11.3 Å². The van der Waals surface area contributed by atoms with Crippen LogP contribution in [-0.2, 0) is 16.6 Å². The molecule has 28 heavy (non-hydrogen) atoms. The normalized spacial score (nSPS) is 15.2. The molecule has 0 radical (unpaired) electrons. The van der Waals surface area contributed by atoms with Gasteiger partial charge in [0.25, 0.3) is 5.91 Å². The lowest BCUT2D eigenvalue weighted by molar-refractivity contribution is 0.0628. The van der Waals surface area contributed by atoms with E-state index in [1.165, 1.54) is 19.2 Å². The number of piperazine rings is 1. The van der Waals surface area contributed by atoms with Crippen LogP contribution in [0.1, 0.15) is 21.5 Å². The van der Waals surface area contributed by atoms with E-state index in [2.05, 4.69) is 15.7 Å². The van der Waals surface area contributed by atoms with Crippen molar-refractivity contribution in [2.75, 3.05) is 33.2 Å². The Morgan fingerprint density at radius 3 is 2.18 bits per heavy atom. The second-order valence-electron chi connectivity index (χ2n) is 6.61. The summed E-state index contributed by atoms with van der Waals surface area (Å²) < 4.78 is 25.8. The molecule has 1 heterocycles. The minimum atomic E-state index is -3.51. The summed E-state index contributed by atoms with van der Waals surface area (Å²) in [6.07, 6.45) is 0. The van der Waals surface area contributed by atoms with Crippen LogP contribution in [0.4, 0.5) is 0 Å². The first-order chi connectivity index (χ1) is 13.4. The number of hydrogen-bond donors (Lipinski definition) is 1. The highest BCUT2D eigenvalue weighted by atomic mass is 32.2. The van der Waals surface area contributed by atoms with Crippen LogP contribution in [0.5, 0.6) is 0 Å². The molecule has 146 valence electrons. The molecule has 0 atom stereocenters. The Morgan fingerprint density at radius 1 is 1.04 bits per heavy atom. The second kappa shape index (κ2) is 8.52. The average Bonchev–Trinajstić information content (AvgIpc) is 2.74. The fourth-order valence-electron chi connectivity index (χ4n) is 3.13. The van der Waals surface area contributed by atoms with E-state index in [0.717, 1.165) is 25.2 Å². The number of amides is 1. The molecule has 0 spiro atoms. The first-order valence-electron chi connectivity index (χ1n) is 8.97. The van der Waals surface area contributed by atoms with E-state index in [0.29, 0.717) is 24.2 Å². The van der Waals surface area contributed by atoms with Crippen molar-refractivity contribution in [3.63, 3.8) is 0 Å². The number of hydrogen-bond acceptors (Lipinski definition) is 5. The minimum absolute atomic E-state index is 0.0913. The van der Waals surface area contributed by atoms with Gasteiger partial charge in [-0.2, -0.15) is 5.26 Å². The van der Waals surface area contributed by atoms with Gasteiger partial charge in [0.05, 0.1) is 16.5 Å². The van der Waals surface area contributed by atoms with Crippen molar-refractivity contribution in [1.82, 2.24) is 14.5 Å². The highest BCUT2D eigenvalue weighted by Gasteiger charge is 2.22. The number of carbonyl (C=O) groups excluding carboxylic acids is 1. The van der Waals surface area contributed by atoms with E-state index < -0.39 is 10.0 Å². The molecule has 1 aliphatic rings. The number of nitrogens with one attached hydrogen (secondary N) is 1. The van der Waals surface area contributed by atoms with Gasteiger partial charge >= 0.3 is 0 Å². The third kappa shape index (κ3) is 4.57. The van der Waals surface area contributed by atoms with Crippen molar-refractivity contribution in [2.45, 2.75) is 11.4 Å². The van der Waals surface area contributed by atoms with Gasteiger partial charge in [-0.1, -0.05) is 12.1 Å². The van der Waals surface area contributed by atoms with Crippen LogP contribution in [-0.4, -0.2) is 57.4 Å². The van der Waals surface area contributed by atoms with Crippen molar-refractivity contribution in [2.24, 2.45) is 0 Å². The Labute approximate surface area is 165 Å². The molecule has 8 heteroatoms. The molecule has 2 aromatic rings. The molecular weight excluding hydrogens is 376 g/mol. The van der Waals surface area contributed by atoms with E-state index in [1.807, 2.05) is 24.3 Å². The van der Waals surface area contributed by atoms with Gasteiger partial charge in [0.1, 0.15) is 0 Å². The van der Waals surface area contributed by atoms with Gasteiger partial charge in [-0.15, -0.1) is 0 Å². The average molecular weight is 398 g/mol. The molecule has 0 unspecified atom stereocenters. The predicted molar refractivity (Wildman–Crippen MR) is 105 cm³/mol. The summed E-state index contributed by atoms with van der Waals surface area (Å²) in [5, 5.41) is 8.86. The summed E-state index contributed by atoms with van der Waals surface area (Å²) in [6.45, 7) is 3.54. The first-order valence-corrected chi connectivity index (χ1v) is 10.5. The Balaban J connectivity index is 1.56. The molecule has 2 aromatic carbocycles. The Kier molecular flexibility index (Phi) is 6.09. The second-order valence-corrected chi connectivity index (χ2v) is 8.50. The predicted octanol–water partition coefficient (Wildman–Crippen LogP) is 1.42. The molecule has 0 saturated carbocycles. The number of rotatable bonds is 5. The van der Waals surface area contributed by atoms with Crippen molar-refractivity contribution in [3.05, 3.63) is 65.2 Å². The van der Waals surface area contributed by atoms with E-state index in [4.69, 9.17) is 5.26 Å². The molecule has 0 bridgehead atoms. The molecule has 3 rings (SSSR count). The van der Waals surface area contributed by atoms with E-state index >= 15 is 0 Å². The quantitative estimate of drug-likeness (QED) is 0.822. The highest BCUT2D eigenvalue weighted by Crippen LogP contribution is 2.15. The van der Waals surface area contributed by atoms with Gasteiger partial charge < -0.3 is 4.90 Å². The fraction of sp³-hybridized carbons (Fsp3) is 0.300. The monoisotopic (exact) mass is 398 g/mol. The third-order valence-corrected chi connectivity index (χ3v) is 6.26. The lowest BCUT2D eigenvalue weighted by Gasteiger charge is -2.34. The summed E-state index contributed by atoms with van der Waals surface area (Å²) in [7, 11) is -2.15. The highest BCUT2D eigenvalue weighted by molar-refractivity contribution is 7.89. The summed E-state index contributed by atoms with van der Waals surface area (Å²) in [5.41, 5.74) is 2.27. The fourth-order valence-corrected chi connectivity index (χ4v) is 3.86. The van der Waals surface area contributed by atoms with Crippen LogP contribution in [0.2, 0.25) is 0 Å². The van der Waals surface area contributed by atoms with Crippen molar-refractivity contribution in [1.29, 1.82) is 5.26 Å². The molecule has 1 aliphatic heterocycles. The van der Waals surface area contributed by atoms with Crippen molar-refractivity contribution in [3.8, 4) is 6.07 Å². The first kappa shape index (κ1) is 20.0. The molecule has 1 fully saturated rings. The molecule has 0 aliphatic carbocycles. The zero-order valence-electron chi connectivity index (χ0n) is 15.6. The van der Waals surface area contributed by atoms with Crippen LogP contribution in [0.25, 0.3) is 0 Å². The van der Waals surface area contributed by atoms with Crippen LogP contribution in [0.15, 0.2) is 53.4 Å². The SMILES string of the molecule is CNS(=O)(=O)c1ccc(C(=O)N2CCN(Cc3ccc(C#N)cc3)CC2)cc1. The van der Waals surface area contributed by atoms with Gasteiger partial charge in [0, 0.05) is 38.3 Å². The zero-order valence-corrected chi connectivity index (χ0v) is 16.4. The maximum atomic E-state index is 12.7. The summed E-state index contributed by atoms with van der Waals surface area (Å²) in [5.74, 6) is -0.0913. The molecule has 1 N–H and O–H groups in total. The maximum absolute atomic E-state index is 12.7. The summed E-state index contributed by atoms with van der Waals surface area (Å²) >= 11 is 0. The zero-order chi connectivity index (χ0) is 20.1. The van der Waals surface area contributed by atoms with Gasteiger partial charge in [-0.25, -0.2) is 13.1 Å². The standard InChI is InChI=1S/C20H22N4O3S/c1-22-28(26,27)19-8-6-18(7-9-19)20(25)24-12-10-23(11-13-24)15-17-4-2-16(14-21)3-5-17/h2-9,22H,10-13,15H2,1H3.